The molecule has 1 saturated carbocycles. The average Bonchev–Trinajstić information content (AvgIpc) is 3.14. The van der Waals surface area contributed by atoms with Gasteiger partial charge in [-0.3, -0.25) is 14.5 Å². The van der Waals surface area contributed by atoms with Gasteiger partial charge in [0.1, 0.15) is 12.7 Å². The highest BCUT2D eigenvalue weighted by molar-refractivity contribution is 5.98. The Hall–Kier alpha value is -2.08. The monoisotopic (exact) mass is 400 g/mol. The van der Waals surface area contributed by atoms with Gasteiger partial charge in [-0.15, -0.1) is 0 Å². The Labute approximate surface area is 173 Å². The highest BCUT2D eigenvalue weighted by atomic mass is 16.6. The Morgan fingerprint density at radius 1 is 1.07 bits per heavy atom. The number of hydrogen-bond acceptors (Lipinski definition) is 5. The van der Waals surface area contributed by atoms with E-state index in [1.807, 2.05) is 24.3 Å². The Morgan fingerprint density at radius 3 is 2.48 bits per heavy atom. The summed E-state index contributed by atoms with van der Waals surface area (Å²) < 4.78 is 11.8. The van der Waals surface area contributed by atoms with E-state index in [2.05, 4.69) is 11.9 Å². The second kappa shape index (κ2) is 8.74. The van der Waals surface area contributed by atoms with Crippen molar-refractivity contribution in [3.63, 3.8) is 0 Å². The summed E-state index contributed by atoms with van der Waals surface area (Å²) in [6, 6.07) is 7.75. The van der Waals surface area contributed by atoms with Crippen LogP contribution in [0.15, 0.2) is 24.3 Å². The maximum absolute atomic E-state index is 12.5. The number of nitrogens with zero attached hydrogens (tertiary/aromatic N) is 2. The fourth-order valence-electron chi connectivity index (χ4n) is 5.01. The second-order valence-electron chi connectivity index (χ2n) is 8.97. The molecule has 1 unspecified atom stereocenters. The summed E-state index contributed by atoms with van der Waals surface area (Å²) >= 11 is 0. The van der Waals surface area contributed by atoms with Gasteiger partial charge in [-0.05, 0) is 56.8 Å². The number of piperidine rings is 1. The van der Waals surface area contributed by atoms with Crippen LogP contribution in [0.5, 0.6) is 11.5 Å². The third-order valence-corrected chi connectivity index (χ3v) is 6.57. The molecule has 1 aromatic rings. The number of ether oxygens (including phenoxy) is 2. The summed E-state index contributed by atoms with van der Waals surface area (Å²) in [7, 11) is 2.07. The van der Waals surface area contributed by atoms with Gasteiger partial charge in [-0.25, -0.2) is 0 Å². The molecule has 2 heterocycles. The van der Waals surface area contributed by atoms with Crippen molar-refractivity contribution in [1.29, 1.82) is 0 Å². The molecule has 2 aliphatic heterocycles. The zero-order valence-corrected chi connectivity index (χ0v) is 17.4. The molecular formula is C23H32N2O4. The molecule has 3 aliphatic rings. The van der Waals surface area contributed by atoms with Crippen LogP contribution in [-0.2, 0) is 9.59 Å². The first-order chi connectivity index (χ1) is 14.0. The molecule has 0 radical (unpaired) electrons. The van der Waals surface area contributed by atoms with Crippen LogP contribution in [0.2, 0.25) is 0 Å². The summed E-state index contributed by atoms with van der Waals surface area (Å²) in [5.41, 5.74) is -0.00836. The number of carbonyl (C=O) groups excluding carboxylic acids is 2. The van der Waals surface area contributed by atoms with Gasteiger partial charge in [-0.1, -0.05) is 25.0 Å². The van der Waals surface area contributed by atoms with Crippen LogP contribution in [0.4, 0.5) is 0 Å². The van der Waals surface area contributed by atoms with E-state index in [0.29, 0.717) is 26.0 Å². The fraction of sp³-hybridized carbons (Fsp3) is 0.652. The van der Waals surface area contributed by atoms with E-state index in [9.17, 15) is 9.59 Å². The number of para-hydroxylation sites is 2. The quantitative estimate of drug-likeness (QED) is 0.519. The maximum atomic E-state index is 12.5. The van der Waals surface area contributed by atoms with Crippen LogP contribution in [0.25, 0.3) is 0 Å². The maximum Gasteiger partial charge on any atom is 0.229 e. The van der Waals surface area contributed by atoms with Crippen molar-refractivity contribution in [2.24, 2.45) is 5.41 Å². The summed E-state index contributed by atoms with van der Waals surface area (Å²) in [6.07, 6.45) is 7.35. The number of fused-ring (bicyclic) bond motifs is 1. The molecule has 1 aromatic carbocycles. The smallest absolute Gasteiger partial charge is 0.229 e. The number of likely N-dealkylation sites (N-methyl/N-ethyl adjacent to an activating group) is 1. The van der Waals surface area contributed by atoms with E-state index in [1.54, 1.807) is 0 Å². The molecule has 29 heavy (non-hydrogen) atoms. The fourth-order valence-corrected chi connectivity index (χ4v) is 5.01. The van der Waals surface area contributed by atoms with Crippen LogP contribution < -0.4 is 9.47 Å². The van der Waals surface area contributed by atoms with E-state index < -0.39 is 0 Å². The number of amides is 2. The van der Waals surface area contributed by atoms with Gasteiger partial charge in [0.25, 0.3) is 0 Å². The second-order valence-corrected chi connectivity index (χ2v) is 8.97. The van der Waals surface area contributed by atoms with Crippen molar-refractivity contribution < 1.29 is 19.1 Å². The molecule has 1 aliphatic carbocycles. The first-order valence-electron chi connectivity index (χ1n) is 10.9. The van der Waals surface area contributed by atoms with Crippen molar-refractivity contribution in [2.75, 3.05) is 33.3 Å². The minimum atomic E-state index is -0.00836. The third kappa shape index (κ3) is 4.74. The van der Waals surface area contributed by atoms with Crippen molar-refractivity contribution in [3.8, 4) is 11.5 Å². The molecule has 1 atom stereocenters. The minimum Gasteiger partial charge on any atom is -0.486 e. The average molecular weight is 401 g/mol. The van der Waals surface area contributed by atoms with Crippen LogP contribution in [0, 0.1) is 5.41 Å². The molecule has 1 spiro atoms. The largest absolute Gasteiger partial charge is 0.486 e. The molecule has 0 N–H and O–H groups in total. The molecule has 6 heteroatoms. The van der Waals surface area contributed by atoms with E-state index in [-0.39, 0.29) is 23.3 Å². The van der Waals surface area contributed by atoms with Crippen molar-refractivity contribution in [3.05, 3.63) is 24.3 Å². The lowest BCUT2D eigenvalue weighted by Crippen LogP contribution is -2.47. The highest BCUT2D eigenvalue weighted by Gasteiger charge is 2.44. The van der Waals surface area contributed by atoms with Gasteiger partial charge in [0.2, 0.25) is 11.8 Å². The zero-order valence-electron chi connectivity index (χ0n) is 17.4. The molecular weight excluding hydrogens is 368 g/mol. The van der Waals surface area contributed by atoms with Gasteiger partial charge in [0.15, 0.2) is 11.5 Å². The highest BCUT2D eigenvalue weighted by Crippen LogP contribution is 2.46. The molecule has 0 bridgehead atoms. The summed E-state index contributed by atoms with van der Waals surface area (Å²) in [5.74, 6) is 1.70. The van der Waals surface area contributed by atoms with Crippen LogP contribution in [0.3, 0.4) is 0 Å². The van der Waals surface area contributed by atoms with Gasteiger partial charge < -0.3 is 14.4 Å². The topological polar surface area (TPSA) is 59.1 Å². The molecule has 158 valence electrons. The zero-order chi connectivity index (χ0) is 20.3. The predicted octanol–water partition coefficient (Wildman–Crippen LogP) is 3.25. The summed E-state index contributed by atoms with van der Waals surface area (Å²) in [5, 5.41) is 0. The van der Waals surface area contributed by atoms with Crippen LogP contribution in [-0.4, -0.2) is 61.0 Å². The van der Waals surface area contributed by atoms with Gasteiger partial charge in [0.05, 0.1) is 0 Å². The van der Waals surface area contributed by atoms with Crippen LogP contribution in [0.1, 0.15) is 51.4 Å². The Morgan fingerprint density at radius 2 is 1.76 bits per heavy atom. The lowest BCUT2D eigenvalue weighted by molar-refractivity contribution is -0.153. The number of rotatable bonds is 7. The van der Waals surface area contributed by atoms with E-state index in [1.165, 1.54) is 4.90 Å². The molecule has 2 amide bonds. The summed E-state index contributed by atoms with van der Waals surface area (Å²) in [6.45, 7) is 2.80. The number of benzene rings is 1. The molecule has 1 saturated heterocycles. The minimum absolute atomic E-state index is 0.00836. The predicted molar refractivity (Wildman–Crippen MR) is 110 cm³/mol. The van der Waals surface area contributed by atoms with Gasteiger partial charge >= 0.3 is 0 Å². The first kappa shape index (κ1) is 20.2. The Kier molecular flexibility index (Phi) is 6.09. The SMILES string of the molecule is CN(CCCCN1C(=O)CC2(CCCC2)CC1=O)CC1COc2ccccc2O1. The van der Waals surface area contributed by atoms with E-state index >= 15 is 0 Å². The molecule has 6 nitrogen and oxygen atoms in total. The Balaban J connectivity index is 1.16. The van der Waals surface area contributed by atoms with Crippen molar-refractivity contribution >= 4 is 11.8 Å². The van der Waals surface area contributed by atoms with Gasteiger partial charge in [-0.2, -0.15) is 0 Å². The third-order valence-electron chi connectivity index (χ3n) is 6.57. The van der Waals surface area contributed by atoms with Gasteiger partial charge in [0, 0.05) is 25.9 Å². The first-order valence-corrected chi connectivity index (χ1v) is 10.9. The lowest BCUT2D eigenvalue weighted by atomic mass is 9.76. The molecule has 4 rings (SSSR count). The van der Waals surface area contributed by atoms with E-state index in [0.717, 1.165) is 63.1 Å². The van der Waals surface area contributed by atoms with E-state index in [4.69, 9.17) is 9.47 Å². The number of carbonyl (C=O) groups is 2. The normalized spacial score (nSPS) is 23.2. The molecule has 2 fully saturated rings. The lowest BCUT2D eigenvalue weighted by Gasteiger charge is -2.37. The van der Waals surface area contributed by atoms with Crippen molar-refractivity contribution in [1.82, 2.24) is 9.80 Å². The number of hydrogen-bond donors (Lipinski definition) is 0. The Bertz CT molecular complexity index is 724. The number of unbranched alkanes of at least 4 members (excludes halogenated alkanes) is 1. The standard InChI is InChI=1S/C23H32N2O4/c1-24(16-18-17-28-19-8-2-3-9-20(19)29-18)12-6-7-13-25-21(26)14-23(15-22(25)27)10-4-5-11-23/h2-3,8-9,18H,4-7,10-17H2,1H3. The number of likely N-dealkylation sites (tertiary alicyclic amines) is 1. The molecule has 0 aromatic heterocycles. The number of imide groups is 1. The summed E-state index contributed by atoms with van der Waals surface area (Å²) in [4.78, 5) is 28.8. The van der Waals surface area contributed by atoms with Crippen LogP contribution >= 0.6 is 0 Å². The van der Waals surface area contributed by atoms with Crippen molar-refractivity contribution in [2.45, 2.75) is 57.5 Å².